The molecule has 0 bridgehead atoms. The number of alkyl halides is 3. The van der Waals surface area contributed by atoms with E-state index in [1.807, 2.05) is 0 Å². The van der Waals surface area contributed by atoms with Gasteiger partial charge in [-0.1, -0.05) is 12.1 Å². The van der Waals surface area contributed by atoms with Gasteiger partial charge >= 0.3 is 6.18 Å². The van der Waals surface area contributed by atoms with Crippen molar-refractivity contribution < 1.29 is 23.2 Å². The number of nitrogens with zero attached hydrogens (tertiary/aromatic N) is 1. The predicted molar refractivity (Wildman–Crippen MR) is 48.8 cm³/mol. The van der Waals surface area contributed by atoms with Crippen LogP contribution in [0.25, 0.3) is 0 Å². The second-order valence-electron chi connectivity index (χ2n) is 3.21. The van der Waals surface area contributed by atoms with E-state index >= 15 is 0 Å². The van der Waals surface area contributed by atoms with Gasteiger partial charge in [0.25, 0.3) is 5.69 Å². The highest BCUT2D eigenvalue weighted by Gasteiger charge is 2.42. The molecule has 0 amide bonds. The first kappa shape index (κ1) is 12.4. The molecule has 16 heavy (non-hydrogen) atoms. The van der Waals surface area contributed by atoms with Crippen molar-refractivity contribution in [1.82, 2.24) is 0 Å². The normalized spacial score (nSPS) is 13.6. The highest BCUT2D eigenvalue weighted by molar-refractivity contribution is 5.48. The largest absolute Gasteiger partial charge is 0.418 e. The molecule has 88 valence electrons. The Labute approximate surface area is 88.5 Å². The fourth-order valence-electron chi connectivity index (χ4n) is 1.33. The van der Waals surface area contributed by atoms with Gasteiger partial charge in [-0.3, -0.25) is 10.1 Å². The van der Waals surface area contributed by atoms with Crippen LogP contribution >= 0.6 is 0 Å². The van der Waals surface area contributed by atoms with Crippen LogP contribution in [0.5, 0.6) is 0 Å². The minimum Gasteiger partial charge on any atom is -0.379 e. The standard InChI is InChI=1S/C9H8F3NO3/c1-5-3-2-4-6(7(5)13(15)16)8(14)9(10,11)12/h2-4,8,14H,1H3/t8-/m0/s1. The number of nitro benzene ring substituents is 1. The van der Waals surface area contributed by atoms with Crippen LogP contribution in [0.2, 0.25) is 0 Å². The zero-order chi connectivity index (χ0) is 12.5. The summed E-state index contributed by atoms with van der Waals surface area (Å²) in [5.74, 6) is 0. The van der Waals surface area contributed by atoms with Crippen LogP contribution in [0.15, 0.2) is 18.2 Å². The Balaban J connectivity index is 3.34. The molecule has 1 aromatic rings. The molecular weight excluding hydrogens is 227 g/mol. The van der Waals surface area contributed by atoms with Gasteiger partial charge in [-0.25, -0.2) is 0 Å². The lowest BCUT2D eigenvalue weighted by atomic mass is 10.0. The quantitative estimate of drug-likeness (QED) is 0.632. The van der Waals surface area contributed by atoms with E-state index in [-0.39, 0.29) is 5.56 Å². The predicted octanol–water partition coefficient (Wildman–Crippen LogP) is 2.50. The molecule has 1 rings (SSSR count). The molecule has 0 fully saturated rings. The molecule has 0 radical (unpaired) electrons. The third-order valence-electron chi connectivity index (χ3n) is 2.06. The number of aliphatic hydroxyl groups is 1. The number of para-hydroxylation sites is 1. The summed E-state index contributed by atoms with van der Waals surface area (Å²) < 4.78 is 36.7. The molecule has 1 N–H and O–H groups in total. The number of halogens is 3. The van der Waals surface area contributed by atoms with Crippen molar-refractivity contribution in [2.75, 3.05) is 0 Å². The van der Waals surface area contributed by atoms with Crippen LogP contribution in [0.4, 0.5) is 18.9 Å². The van der Waals surface area contributed by atoms with Crippen molar-refractivity contribution in [2.24, 2.45) is 0 Å². The van der Waals surface area contributed by atoms with Crippen LogP contribution in [-0.2, 0) is 0 Å². The Morgan fingerprint density at radius 1 is 1.44 bits per heavy atom. The molecule has 4 nitrogen and oxygen atoms in total. The molecule has 0 saturated heterocycles. The van der Waals surface area contributed by atoms with Gasteiger partial charge in [0.2, 0.25) is 0 Å². The Morgan fingerprint density at radius 2 is 2.00 bits per heavy atom. The second-order valence-corrected chi connectivity index (χ2v) is 3.21. The van der Waals surface area contributed by atoms with E-state index in [0.29, 0.717) is 0 Å². The lowest BCUT2D eigenvalue weighted by Gasteiger charge is -2.15. The Hall–Kier alpha value is -1.63. The number of aryl methyl sites for hydroxylation is 1. The van der Waals surface area contributed by atoms with Crippen LogP contribution in [0.3, 0.4) is 0 Å². The van der Waals surface area contributed by atoms with Crippen molar-refractivity contribution in [1.29, 1.82) is 0 Å². The highest BCUT2D eigenvalue weighted by atomic mass is 19.4. The van der Waals surface area contributed by atoms with Gasteiger partial charge in [-0.15, -0.1) is 0 Å². The monoisotopic (exact) mass is 235 g/mol. The molecule has 0 aliphatic carbocycles. The van der Waals surface area contributed by atoms with E-state index in [1.54, 1.807) is 0 Å². The zero-order valence-corrected chi connectivity index (χ0v) is 8.15. The second kappa shape index (κ2) is 4.09. The van der Waals surface area contributed by atoms with Gasteiger partial charge in [0.05, 0.1) is 10.5 Å². The van der Waals surface area contributed by atoms with E-state index in [2.05, 4.69) is 0 Å². The summed E-state index contributed by atoms with van der Waals surface area (Å²) in [6, 6.07) is 3.43. The molecule has 0 spiro atoms. The van der Waals surface area contributed by atoms with Crippen molar-refractivity contribution in [3.05, 3.63) is 39.4 Å². The van der Waals surface area contributed by atoms with Gasteiger partial charge in [0, 0.05) is 5.56 Å². The van der Waals surface area contributed by atoms with Crippen molar-refractivity contribution in [2.45, 2.75) is 19.2 Å². The van der Waals surface area contributed by atoms with Crippen LogP contribution in [-0.4, -0.2) is 16.2 Å². The summed E-state index contributed by atoms with van der Waals surface area (Å²) in [5, 5.41) is 19.6. The van der Waals surface area contributed by atoms with Crippen LogP contribution in [0, 0.1) is 17.0 Å². The fourth-order valence-corrected chi connectivity index (χ4v) is 1.33. The number of rotatable bonds is 2. The molecular formula is C9H8F3NO3. The molecule has 0 aliphatic rings. The van der Waals surface area contributed by atoms with Gasteiger partial charge in [0.1, 0.15) is 0 Å². The average Bonchev–Trinajstić information content (AvgIpc) is 2.14. The first-order valence-electron chi connectivity index (χ1n) is 4.24. The molecule has 0 unspecified atom stereocenters. The summed E-state index contributed by atoms with van der Waals surface area (Å²) in [6.07, 6.45) is -7.76. The van der Waals surface area contributed by atoms with Gasteiger partial charge in [0.15, 0.2) is 6.10 Å². The lowest BCUT2D eigenvalue weighted by molar-refractivity contribution is -0.387. The van der Waals surface area contributed by atoms with E-state index < -0.39 is 28.5 Å². The smallest absolute Gasteiger partial charge is 0.379 e. The van der Waals surface area contributed by atoms with E-state index in [9.17, 15) is 23.3 Å². The number of nitro groups is 1. The highest BCUT2D eigenvalue weighted by Crippen LogP contribution is 2.37. The molecule has 0 aromatic heterocycles. The topological polar surface area (TPSA) is 63.4 Å². The zero-order valence-electron chi connectivity index (χ0n) is 8.15. The van der Waals surface area contributed by atoms with Gasteiger partial charge < -0.3 is 5.11 Å². The number of hydrogen-bond acceptors (Lipinski definition) is 3. The van der Waals surface area contributed by atoms with Crippen molar-refractivity contribution in [3.8, 4) is 0 Å². The van der Waals surface area contributed by atoms with Crippen molar-refractivity contribution >= 4 is 5.69 Å². The third kappa shape index (κ3) is 2.30. The number of benzene rings is 1. The maximum Gasteiger partial charge on any atom is 0.418 e. The third-order valence-corrected chi connectivity index (χ3v) is 2.06. The average molecular weight is 235 g/mol. The lowest BCUT2D eigenvalue weighted by Crippen LogP contribution is -2.21. The van der Waals surface area contributed by atoms with Crippen molar-refractivity contribution in [3.63, 3.8) is 0 Å². The SMILES string of the molecule is Cc1cccc([C@H](O)C(F)(F)F)c1[N+](=O)[O-]. The van der Waals surface area contributed by atoms with Crippen LogP contribution in [0.1, 0.15) is 17.2 Å². The van der Waals surface area contributed by atoms with E-state index in [1.165, 1.54) is 19.1 Å². The number of aliphatic hydroxyl groups excluding tert-OH is 1. The molecule has 7 heteroatoms. The maximum absolute atomic E-state index is 12.2. The first-order valence-corrected chi connectivity index (χ1v) is 4.24. The molecule has 1 aromatic carbocycles. The van der Waals surface area contributed by atoms with Gasteiger partial charge in [-0.2, -0.15) is 13.2 Å². The van der Waals surface area contributed by atoms with E-state index in [0.717, 1.165) is 6.07 Å². The molecule has 0 saturated carbocycles. The Morgan fingerprint density at radius 3 is 2.44 bits per heavy atom. The van der Waals surface area contributed by atoms with Crippen LogP contribution < -0.4 is 0 Å². The Kier molecular flexibility index (Phi) is 3.18. The summed E-state index contributed by atoms with van der Waals surface area (Å²) in [4.78, 5) is 9.67. The maximum atomic E-state index is 12.2. The molecule has 1 atom stereocenters. The Bertz CT molecular complexity index is 417. The minimum atomic E-state index is -4.92. The number of hydrogen-bond donors (Lipinski definition) is 1. The fraction of sp³-hybridized carbons (Fsp3) is 0.333. The first-order chi connectivity index (χ1) is 7.25. The minimum absolute atomic E-state index is 0.0748. The summed E-state index contributed by atoms with van der Waals surface area (Å²) in [7, 11) is 0. The summed E-state index contributed by atoms with van der Waals surface area (Å²) >= 11 is 0. The van der Waals surface area contributed by atoms with Gasteiger partial charge in [-0.05, 0) is 13.0 Å². The molecule has 0 heterocycles. The summed E-state index contributed by atoms with van der Waals surface area (Å²) in [5.41, 5.74) is -1.37. The summed E-state index contributed by atoms with van der Waals surface area (Å²) in [6.45, 7) is 1.31. The molecule has 0 aliphatic heterocycles. The van der Waals surface area contributed by atoms with E-state index in [4.69, 9.17) is 5.11 Å².